The summed E-state index contributed by atoms with van der Waals surface area (Å²) in [5.41, 5.74) is 0. The van der Waals surface area contributed by atoms with Crippen molar-refractivity contribution in [1.29, 1.82) is 0 Å². The van der Waals surface area contributed by atoms with Crippen molar-refractivity contribution in [3.05, 3.63) is 0 Å². The third-order valence-corrected chi connectivity index (χ3v) is 6.54. The molecule has 0 amide bonds. The molecule has 1 saturated heterocycles. The minimum Gasteiger partial charge on any atom is -0.469 e. The van der Waals surface area contributed by atoms with Gasteiger partial charge in [-0.25, -0.2) is 4.79 Å². The van der Waals surface area contributed by atoms with Crippen molar-refractivity contribution in [1.82, 2.24) is 0 Å². The molecule has 0 aromatic carbocycles. The molecule has 1 fully saturated rings. The van der Waals surface area contributed by atoms with Gasteiger partial charge in [-0.05, 0) is 26.7 Å². The Bertz CT molecular complexity index is 979. The van der Waals surface area contributed by atoms with Gasteiger partial charge in [0.25, 0.3) is 0 Å². The van der Waals surface area contributed by atoms with Gasteiger partial charge in [-0.2, -0.15) is 0 Å². The summed E-state index contributed by atoms with van der Waals surface area (Å²) in [4.78, 5) is 75.7. The lowest BCUT2D eigenvalue weighted by Crippen LogP contribution is -2.41. The zero-order chi connectivity index (χ0) is 34.6. The Kier molecular flexibility index (Phi) is 19.6. The fourth-order valence-corrected chi connectivity index (χ4v) is 3.84. The van der Waals surface area contributed by atoms with Crippen LogP contribution in [0.2, 0.25) is 0 Å². The van der Waals surface area contributed by atoms with Crippen molar-refractivity contribution < 1.29 is 81.6 Å². The Morgan fingerprint density at radius 3 is 1.78 bits per heavy atom. The minimum atomic E-state index is -1.77. The average molecular weight is 667 g/mol. The summed E-state index contributed by atoms with van der Waals surface area (Å²) in [7, 11) is 3.08. The predicted molar refractivity (Wildman–Crippen MR) is 152 cm³/mol. The van der Waals surface area contributed by atoms with E-state index in [1.165, 1.54) is 13.8 Å². The molecule has 1 aliphatic heterocycles. The number of epoxide rings is 1. The van der Waals surface area contributed by atoms with Crippen molar-refractivity contribution in [3.8, 4) is 0 Å². The van der Waals surface area contributed by atoms with Gasteiger partial charge in [0, 0.05) is 13.2 Å². The van der Waals surface area contributed by atoms with Crippen LogP contribution >= 0.6 is 0 Å². The Morgan fingerprint density at radius 1 is 0.717 bits per heavy atom. The number of carbonyl (C=O) groups is 6. The van der Waals surface area contributed by atoms with E-state index in [2.05, 4.69) is 14.2 Å². The molecule has 17 nitrogen and oxygen atoms in total. The lowest BCUT2D eigenvalue weighted by atomic mass is 9.86. The monoisotopic (exact) mass is 666 g/mol. The Morgan fingerprint density at radius 2 is 1.26 bits per heavy atom. The molecule has 0 aromatic rings. The summed E-state index contributed by atoms with van der Waals surface area (Å²) in [6, 6.07) is 0. The first-order chi connectivity index (χ1) is 21.8. The maximum Gasteiger partial charge on any atom is 0.348 e. The first-order valence-corrected chi connectivity index (χ1v) is 14.7. The van der Waals surface area contributed by atoms with E-state index in [0.717, 1.165) is 27.8 Å². The molecule has 7 atom stereocenters. The summed E-state index contributed by atoms with van der Waals surface area (Å²) in [5, 5.41) is 19.8. The first kappa shape index (κ1) is 40.6. The quantitative estimate of drug-likeness (QED) is 0.0550. The van der Waals surface area contributed by atoms with Gasteiger partial charge in [-0.1, -0.05) is 0 Å². The third kappa shape index (κ3) is 16.3. The van der Waals surface area contributed by atoms with Crippen LogP contribution in [0.25, 0.3) is 0 Å². The number of unbranched alkanes of at least 4 members (excludes halogenated alkanes) is 1. The van der Waals surface area contributed by atoms with Crippen LogP contribution in [-0.4, -0.2) is 138 Å². The number of ether oxygens (including phenoxy) is 9. The van der Waals surface area contributed by atoms with E-state index in [-0.39, 0.29) is 12.7 Å². The van der Waals surface area contributed by atoms with Crippen molar-refractivity contribution in [2.24, 2.45) is 17.8 Å². The van der Waals surface area contributed by atoms with Gasteiger partial charge in [-0.15, -0.1) is 0 Å². The van der Waals surface area contributed by atoms with E-state index in [9.17, 15) is 39.0 Å². The number of hydrogen-bond acceptors (Lipinski definition) is 17. The number of aliphatic hydroxyl groups excluding tert-OH is 2. The molecule has 0 aliphatic carbocycles. The second-order valence-electron chi connectivity index (χ2n) is 10.5. The second kappa shape index (κ2) is 22.2. The Hall–Kier alpha value is -3.38. The minimum absolute atomic E-state index is 0.182. The van der Waals surface area contributed by atoms with Crippen molar-refractivity contribution >= 4 is 35.8 Å². The van der Waals surface area contributed by atoms with Gasteiger partial charge < -0.3 is 52.8 Å². The molecule has 1 rings (SSSR count). The smallest absolute Gasteiger partial charge is 0.348 e. The summed E-state index contributed by atoms with van der Waals surface area (Å²) in [6.45, 7) is 3.36. The highest BCUT2D eigenvalue weighted by Gasteiger charge is 2.42. The lowest BCUT2D eigenvalue weighted by Gasteiger charge is -2.25. The molecular weight excluding hydrogens is 620 g/mol. The van der Waals surface area contributed by atoms with Gasteiger partial charge in [0.15, 0.2) is 0 Å². The Balaban J connectivity index is 2.93. The molecule has 1 aliphatic rings. The molecule has 0 aromatic heterocycles. The van der Waals surface area contributed by atoms with Crippen LogP contribution in [0.5, 0.6) is 0 Å². The molecule has 46 heavy (non-hydrogen) atoms. The molecule has 1 heterocycles. The fraction of sp³-hybridized carbons (Fsp3) is 0.793. The molecule has 0 bridgehead atoms. The van der Waals surface area contributed by atoms with Gasteiger partial charge in [0.05, 0.1) is 71.9 Å². The van der Waals surface area contributed by atoms with Gasteiger partial charge in [0.1, 0.15) is 31.3 Å². The highest BCUT2D eigenvalue weighted by Crippen LogP contribution is 2.26. The fourth-order valence-electron chi connectivity index (χ4n) is 3.84. The van der Waals surface area contributed by atoms with Crippen LogP contribution in [0.15, 0.2) is 0 Å². The number of carbonyl (C=O) groups excluding carboxylic acids is 6. The third-order valence-electron chi connectivity index (χ3n) is 6.54. The Labute approximate surface area is 267 Å². The highest BCUT2D eigenvalue weighted by molar-refractivity contribution is 5.90. The van der Waals surface area contributed by atoms with E-state index in [0.29, 0.717) is 32.8 Å². The van der Waals surface area contributed by atoms with Crippen LogP contribution in [0, 0.1) is 17.8 Å². The van der Waals surface area contributed by atoms with E-state index in [4.69, 9.17) is 28.4 Å². The standard InChI is InChI=1S/C29H46O17/c1-17(30)12-44-27(35)22(11-24(33)46-25(29(37)40-5)18(2)26(34)39-4)21(10-23(32)38-3)28(36)45-14-19(31)13-41-8-6-7-9-42-15-20-16-43-20/h17-22,25,30-31H,6-16H2,1-5H3. The lowest BCUT2D eigenvalue weighted by molar-refractivity contribution is -0.178. The van der Waals surface area contributed by atoms with E-state index in [1.807, 2.05) is 0 Å². The number of methoxy groups -OCH3 is 3. The second-order valence-corrected chi connectivity index (χ2v) is 10.5. The SMILES string of the molecule is COC(=O)CC(C(=O)OCC(O)COCCCCOCC1CO1)C(CC(=O)OC(C(=O)OC)C(C)C(=O)OC)C(=O)OCC(C)O. The zero-order valence-corrected chi connectivity index (χ0v) is 26.8. The largest absolute Gasteiger partial charge is 0.469 e. The number of hydrogen-bond donors (Lipinski definition) is 2. The van der Waals surface area contributed by atoms with Gasteiger partial charge in [-0.3, -0.25) is 24.0 Å². The predicted octanol–water partition coefficient (Wildman–Crippen LogP) is -0.894. The average Bonchev–Trinajstić information content (AvgIpc) is 3.87. The molecular formula is C29H46O17. The summed E-state index contributed by atoms with van der Waals surface area (Å²) < 4.78 is 45.0. The van der Waals surface area contributed by atoms with Crippen molar-refractivity contribution in [2.45, 2.75) is 63.9 Å². The number of rotatable bonds is 24. The summed E-state index contributed by atoms with van der Waals surface area (Å²) >= 11 is 0. The van der Waals surface area contributed by atoms with E-state index < -0.39 is 97.9 Å². The molecule has 0 saturated carbocycles. The van der Waals surface area contributed by atoms with Crippen molar-refractivity contribution in [2.75, 3.05) is 67.6 Å². The number of esters is 6. The van der Waals surface area contributed by atoms with Crippen LogP contribution < -0.4 is 0 Å². The van der Waals surface area contributed by atoms with E-state index >= 15 is 0 Å². The summed E-state index contributed by atoms with van der Waals surface area (Å²) in [5.74, 6) is -11.3. The molecule has 17 heteroatoms. The first-order valence-electron chi connectivity index (χ1n) is 14.7. The van der Waals surface area contributed by atoms with Crippen LogP contribution in [0.3, 0.4) is 0 Å². The zero-order valence-electron chi connectivity index (χ0n) is 26.8. The maximum absolute atomic E-state index is 13.2. The molecule has 7 unspecified atom stereocenters. The number of aliphatic hydroxyl groups is 2. The molecule has 0 radical (unpaired) electrons. The van der Waals surface area contributed by atoms with Crippen LogP contribution in [-0.2, 0) is 71.4 Å². The molecule has 2 N–H and O–H groups in total. The van der Waals surface area contributed by atoms with Gasteiger partial charge >= 0.3 is 35.8 Å². The van der Waals surface area contributed by atoms with E-state index in [1.54, 1.807) is 0 Å². The maximum atomic E-state index is 13.2. The topological polar surface area (TPSA) is 229 Å². The van der Waals surface area contributed by atoms with Gasteiger partial charge in [0.2, 0.25) is 6.10 Å². The van der Waals surface area contributed by atoms with Crippen LogP contribution in [0.1, 0.15) is 39.5 Å². The highest BCUT2D eigenvalue weighted by atomic mass is 16.6. The molecule has 264 valence electrons. The van der Waals surface area contributed by atoms with Crippen molar-refractivity contribution in [3.63, 3.8) is 0 Å². The summed E-state index contributed by atoms with van der Waals surface area (Å²) in [6.07, 6.45) is -4.28. The normalized spacial score (nSPS) is 17.7. The van der Waals surface area contributed by atoms with Crippen LogP contribution in [0.4, 0.5) is 0 Å². The molecule has 0 spiro atoms.